The molecule has 2 rings (SSSR count). The van der Waals surface area contributed by atoms with E-state index in [1.165, 1.54) is 0 Å². The molecule has 0 bridgehead atoms. The topological polar surface area (TPSA) is 107 Å². The second kappa shape index (κ2) is 7.46. The van der Waals surface area contributed by atoms with Gasteiger partial charge in [-0.2, -0.15) is 0 Å². The summed E-state index contributed by atoms with van der Waals surface area (Å²) in [4.78, 5) is 31.8. The number of hydrogen-bond acceptors (Lipinski definition) is 5. The van der Waals surface area contributed by atoms with Crippen LogP contribution in [0.4, 0.5) is 0 Å². The van der Waals surface area contributed by atoms with Crippen molar-refractivity contribution >= 4 is 22.8 Å². The van der Waals surface area contributed by atoms with Crippen LogP contribution in [0.3, 0.4) is 0 Å². The van der Waals surface area contributed by atoms with Crippen molar-refractivity contribution in [3.8, 4) is 0 Å². The predicted octanol–water partition coefficient (Wildman–Crippen LogP) is 0.179. The summed E-state index contributed by atoms with van der Waals surface area (Å²) >= 11 is 0. The Kier molecular flexibility index (Phi) is 5.37. The Labute approximate surface area is 127 Å². The van der Waals surface area contributed by atoms with E-state index in [9.17, 15) is 9.59 Å². The molecule has 0 unspecified atom stereocenters. The van der Waals surface area contributed by atoms with Crippen molar-refractivity contribution in [2.24, 2.45) is 5.73 Å². The summed E-state index contributed by atoms with van der Waals surface area (Å²) in [6.07, 6.45) is 1.76. The number of nitrogens with two attached hydrogens (primary N) is 1. The number of para-hydroxylation sites is 2. The lowest BCUT2D eigenvalue weighted by Gasteiger charge is -2.15. The van der Waals surface area contributed by atoms with Crippen LogP contribution in [0.15, 0.2) is 30.5 Å². The standard InChI is InChI=1S/C15H18N4O3/c1-2-22-9-14(20)19-13(15(16)21)7-10-8-17-11-5-3-4-6-12(11)18-10/h3-6,8,13H,2,7,9H2,1H3,(H2,16,21)(H,19,20)/t13-/m1/s1. The van der Waals surface area contributed by atoms with Crippen LogP contribution in [0, 0.1) is 0 Å². The number of fused-ring (bicyclic) bond motifs is 1. The van der Waals surface area contributed by atoms with Gasteiger partial charge in [-0.3, -0.25) is 14.6 Å². The first-order chi connectivity index (χ1) is 10.6. The highest BCUT2D eigenvalue weighted by Crippen LogP contribution is 2.09. The third-order valence-corrected chi connectivity index (χ3v) is 3.03. The van der Waals surface area contributed by atoms with Gasteiger partial charge in [0.15, 0.2) is 0 Å². The van der Waals surface area contributed by atoms with Crippen molar-refractivity contribution in [3.05, 3.63) is 36.2 Å². The van der Waals surface area contributed by atoms with Gasteiger partial charge in [0.25, 0.3) is 0 Å². The average Bonchev–Trinajstić information content (AvgIpc) is 2.52. The summed E-state index contributed by atoms with van der Waals surface area (Å²) in [6, 6.07) is 6.57. The van der Waals surface area contributed by atoms with Gasteiger partial charge in [0, 0.05) is 19.2 Å². The number of carbonyl (C=O) groups is 2. The van der Waals surface area contributed by atoms with Crippen molar-refractivity contribution in [3.63, 3.8) is 0 Å². The number of benzene rings is 1. The van der Waals surface area contributed by atoms with Crippen LogP contribution < -0.4 is 11.1 Å². The number of primary amides is 1. The third kappa shape index (κ3) is 4.23. The molecular weight excluding hydrogens is 284 g/mol. The molecule has 22 heavy (non-hydrogen) atoms. The zero-order valence-corrected chi connectivity index (χ0v) is 12.3. The number of nitrogens with zero attached hydrogens (tertiary/aromatic N) is 2. The fourth-order valence-corrected chi connectivity index (χ4v) is 1.96. The van der Waals surface area contributed by atoms with Crippen LogP contribution in [0.1, 0.15) is 12.6 Å². The molecule has 3 N–H and O–H groups in total. The summed E-state index contributed by atoms with van der Waals surface area (Å²) in [5.74, 6) is -1.01. The van der Waals surface area contributed by atoms with Gasteiger partial charge in [0.1, 0.15) is 12.6 Å². The largest absolute Gasteiger partial charge is 0.372 e. The molecule has 0 saturated carbocycles. The highest BCUT2D eigenvalue weighted by molar-refractivity contribution is 5.87. The van der Waals surface area contributed by atoms with Crippen LogP contribution in [0.2, 0.25) is 0 Å². The molecule has 1 aromatic carbocycles. The van der Waals surface area contributed by atoms with E-state index in [4.69, 9.17) is 10.5 Å². The number of amides is 2. The number of carbonyl (C=O) groups excluding carboxylic acids is 2. The van der Waals surface area contributed by atoms with Gasteiger partial charge in [0.05, 0.1) is 16.7 Å². The summed E-state index contributed by atoms with van der Waals surface area (Å²) in [6.45, 7) is 2.10. The molecule has 0 aliphatic rings. The van der Waals surface area contributed by atoms with E-state index in [-0.39, 0.29) is 18.9 Å². The molecule has 0 spiro atoms. The van der Waals surface area contributed by atoms with E-state index in [1.807, 2.05) is 24.3 Å². The zero-order valence-electron chi connectivity index (χ0n) is 12.3. The first-order valence-electron chi connectivity index (χ1n) is 6.97. The Balaban J connectivity index is 2.08. The van der Waals surface area contributed by atoms with Crippen LogP contribution in [-0.2, 0) is 20.7 Å². The lowest BCUT2D eigenvalue weighted by Crippen LogP contribution is -2.47. The Bertz CT molecular complexity index is 675. The quantitative estimate of drug-likeness (QED) is 0.758. The second-order valence-corrected chi connectivity index (χ2v) is 4.71. The van der Waals surface area contributed by atoms with Gasteiger partial charge in [-0.05, 0) is 19.1 Å². The minimum absolute atomic E-state index is 0.107. The van der Waals surface area contributed by atoms with Gasteiger partial charge < -0.3 is 15.8 Å². The number of aromatic nitrogens is 2. The smallest absolute Gasteiger partial charge is 0.246 e. The Morgan fingerprint density at radius 3 is 2.73 bits per heavy atom. The fraction of sp³-hybridized carbons (Fsp3) is 0.333. The summed E-state index contributed by atoms with van der Waals surface area (Å²) in [5, 5.41) is 2.54. The predicted molar refractivity (Wildman–Crippen MR) is 80.9 cm³/mol. The molecule has 0 fully saturated rings. The summed E-state index contributed by atoms with van der Waals surface area (Å²) in [7, 11) is 0. The van der Waals surface area contributed by atoms with Gasteiger partial charge in [0.2, 0.25) is 11.8 Å². The second-order valence-electron chi connectivity index (χ2n) is 4.71. The normalized spacial score (nSPS) is 12.0. The van der Waals surface area contributed by atoms with Gasteiger partial charge in [-0.15, -0.1) is 0 Å². The van der Waals surface area contributed by atoms with E-state index in [2.05, 4.69) is 15.3 Å². The van der Waals surface area contributed by atoms with Crippen LogP contribution in [0.25, 0.3) is 11.0 Å². The Morgan fingerprint density at radius 1 is 1.32 bits per heavy atom. The molecule has 2 amide bonds. The summed E-state index contributed by atoms with van der Waals surface area (Å²) in [5.41, 5.74) is 7.41. The maximum Gasteiger partial charge on any atom is 0.246 e. The molecule has 2 aromatic rings. The van der Waals surface area contributed by atoms with E-state index in [0.717, 1.165) is 11.0 Å². The molecule has 0 radical (unpaired) electrons. The van der Waals surface area contributed by atoms with Crippen molar-refractivity contribution in [1.29, 1.82) is 0 Å². The molecule has 7 nitrogen and oxygen atoms in total. The molecule has 0 aliphatic heterocycles. The summed E-state index contributed by atoms with van der Waals surface area (Å²) < 4.78 is 4.99. The molecule has 1 aromatic heterocycles. The molecule has 0 saturated heterocycles. The lowest BCUT2D eigenvalue weighted by molar-refractivity contribution is -0.130. The lowest BCUT2D eigenvalue weighted by atomic mass is 10.1. The van der Waals surface area contributed by atoms with Crippen molar-refractivity contribution < 1.29 is 14.3 Å². The molecule has 7 heteroatoms. The molecule has 116 valence electrons. The maximum absolute atomic E-state index is 11.6. The van der Waals surface area contributed by atoms with E-state index in [0.29, 0.717) is 12.3 Å². The number of nitrogens with one attached hydrogen (secondary N) is 1. The molecule has 1 atom stereocenters. The van der Waals surface area contributed by atoms with Crippen LogP contribution in [-0.4, -0.2) is 41.0 Å². The first kappa shape index (κ1) is 15.8. The van der Waals surface area contributed by atoms with E-state index in [1.54, 1.807) is 13.1 Å². The van der Waals surface area contributed by atoms with E-state index < -0.39 is 11.9 Å². The maximum atomic E-state index is 11.6. The van der Waals surface area contributed by atoms with Gasteiger partial charge in [-0.1, -0.05) is 12.1 Å². The van der Waals surface area contributed by atoms with Gasteiger partial charge in [-0.25, -0.2) is 4.98 Å². The fourth-order valence-electron chi connectivity index (χ4n) is 1.96. The number of rotatable bonds is 7. The monoisotopic (exact) mass is 302 g/mol. The number of hydrogen-bond donors (Lipinski definition) is 2. The number of ether oxygens (including phenoxy) is 1. The molecule has 0 aliphatic carbocycles. The highest BCUT2D eigenvalue weighted by Gasteiger charge is 2.19. The zero-order chi connectivity index (χ0) is 15.9. The van der Waals surface area contributed by atoms with Crippen molar-refractivity contribution in [2.45, 2.75) is 19.4 Å². The van der Waals surface area contributed by atoms with Crippen molar-refractivity contribution in [2.75, 3.05) is 13.2 Å². The van der Waals surface area contributed by atoms with Crippen molar-refractivity contribution in [1.82, 2.24) is 15.3 Å². The average molecular weight is 302 g/mol. The Morgan fingerprint density at radius 2 is 2.05 bits per heavy atom. The van der Waals surface area contributed by atoms with Crippen LogP contribution >= 0.6 is 0 Å². The highest BCUT2D eigenvalue weighted by atomic mass is 16.5. The Hall–Kier alpha value is -2.54. The molecule has 1 heterocycles. The minimum Gasteiger partial charge on any atom is -0.372 e. The van der Waals surface area contributed by atoms with E-state index >= 15 is 0 Å². The van der Waals surface area contributed by atoms with Crippen LogP contribution in [0.5, 0.6) is 0 Å². The van der Waals surface area contributed by atoms with Gasteiger partial charge >= 0.3 is 0 Å². The molecular formula is C15H18N4O3. The third-order valence-electron chi connectivity index (χ3n) is 3.03. The SMILES string of the molecule is CCOCC(=O)N[C@H](Cc1cnc2ccccc2n1)C(N)=O. The first-order valence-corrected chi connectivity index (χ1v) is 6.97. The minimum atomic E-state index is -0.844.